The summed E-state index contributed by atoms with van der Waals surface area (Å²) < 4.78 is 0. The summed E-state index contributed by atoms with van der Waals surface area (Å²) in [5.41, 5.74) is 9.94. The van der Waals surface area contributed by atoms with Crippen LogP contribution in [-0.4, -0.2) is 23.0 Å². The first-order chi connectivity index (χ1) is 6.43. The van der Waals surface area contributed by atoms with Crippen molar-refractivity contribution in [2.45, 2.75) is 18.9 Å². The van der Waals surface area contributed by atoms with Gasteiger partial charge in [0.2, 0.25) is 5.91 Å². The maximum Gasteiger partial charge on any atom is 0.359 e. The average molecular weight is 207 g/mol. The molecule has 0 aromatic carbocycles. The van der Waals surface area contributed by atoms with Gasteiger partial charge in [-0.25, -0.2) is 4.79 Å². The Kier molecular flexibility index (Phi) is 4.92. The summed E-state index contributed by atoms with van der Waals surface area (Å²) in [5, 5.41) is 8.28. The number of carbonyl (C=O) groups is 2. The van der Waals surface area contributed by atoms with Gasteiger partial charge in [0.25, 0.3) is 0 Å². The van der Waals surface area contributed by atoms with E-state index in [0.717, 1.165) is 0 Å². The predicted molar refractivity (Wildman–Crippen MR) is 40.6 cm³/mol. The molecule has 0 heterocycles. The van der Waals surface area contributed by atoms with Gasteiger partial charge in [0, 0.05) is 6.42 Å². The molecule has 0 aliphatic carbocycles. The minimum Gasteiger partial charge on any atom is -0.370 e. The van der Waals surface area contributed by atoms with Crippen molar-refractivity contribution in [2.24, 2.45) is 11.5 Å². The third kappa shape index (κ3) is 5.71. The maximum atomic E-state index is 10.7. The first-order valence-corrected chi connectivity index (χ1v) is 3.50. The summed E-state index contributed by atoms with van der Waals surface area (Å²) in [6.07, 6.45) is -0.177. The fourth-order valence-electron chi connectivity index (χ4n) is 0.545. The number of primary amides is 1. The van der Waals surface area contributed by atoms with Crippen molar-refractivity contribution < 1.29 is 24.6 Å². The van der Waals surface area contributed by atoms with Crippen LogP contribution in [0, 0.1) is 10.1 Å². The van der Waals surface area contributed by atoms with E-state index in [1.165, 1.54) is 0 Å². The molecule has 0 saturated heterocycles. The summed E-state index contributed by atoms with van der Waals surface area (Å²) in [5.74, 6) is -1.77. The van der Waals surface area contributed by atoms with E-state index < -0.39 is 23.0 Å². The molecule has 0 fully saturated rings. The van der Waals surface area contributed by atoms with Crippen LogP contribution in [0.4, 0.5) is 0 Å². The SMILES string of the molecule is NC(=O)CCC(N)C(=O)OO[N+](=O)[O-]. The van der Waals surface area contributed by atoms with Crippen LogP contribution in [0.2, 0.25) is 0 Å². The van der Waals surface area contributed by atoms with Crippen LogP contribution in [-0.2, 0) is 19.5 Å². The van der Waals surface area contributed by atoms with Gasteiger partial charge >= 0.3 is 11.1 Å². The molecule has 14 heavy (non-hydrogen) atoms. The lowest BCUT2D eigenvalue weighted by Gasteiger charge is -2.06. The lowest BCUT2D eigenvalue weighted by Crippen LogP contribution is -2.34. The van der Waals surface area contributed by atoms with E-state index in [1.54, 1.807) is 0 Å². The van der Waals surface area contributed by atoms with Crippen LogP contribution in [0.15, 0.2) is 0 Å². The monoisotopic (exact) mass is 207 g/mol. The van der Waals surface area contributed by atoms with Crippen molar-refractivity contribution in [3.63, 3.8) is 0 Å². The second-order valence-corrected chi connectivity index (χ2v) is 2.31. The van der Waals surface area contributed by atoms with Crippen LogP contribution < -0.4 is 11.5 Å². The van der Waals surface area contributed by atoms with Gasteiger partial charge in [-0.2, -0.15) is 0 Å². The zero-order chi connectivity index (χ0) is 11.1. The fourth-order valence-corrected chi connectivity index (χ4v) is 0.545. The van der Waals surface area contributed by atoms with Crippen LogP contribution >= 0.6 is 0 Å². The Balaban J connectivity index is 3.76. The molecule has 0 aliphatic heterocycles. The lowest BCUT2D eigenvalue weighted by atomic mass is 10.2. The standard InChI is InChI=1S/C5H9N3O6/c6-3(1-2-4(7)9)5(10)13-14-8(11)12/h3H,1-2,6H2,(H2,7,9). The fraction of sp³-hybridized carbons (Fsp3) is 0.600. The Morgan fingerprint density at radius 3 is 2.50 bits per heavy atom. The van der Waals surface area contributed by atoms with E-state index >= 15 is 0 Å². The average Bonchev–Trinajstić information content (AvgIpc) is 2.09. The van der Waals surface area contributed by atoms with E-state index in [1.807, 2.05) is 0 Å². The molecule has 0 saturated carbocycles. The molecule has 0 aromatic heterocycles. The van der Waals surface area contributed by atoms with Crippen molar-refractivity contribution >= 4 is 11.9 Å². The number of carbonyl (C=O) groups excluding carboxylic acids is 2. The molecule has 0 aliphatic rings. The minimum atomic E-state index is -1.31. The van der Waals surface area contributed by atoms with E-state index in [4.69, 9.17) is 11.5 Å². The molecular formula is C5H9N3O6. The largest absolute Gasteiger partial charge is 0.370 e. The van der Waals surface area contributed by atoms with Gasteiger partial charge in [-0.3, -0.25) is 9.68 Å². The highest BCUT2D eigenvalue weighted by atomic mass is 17.3. The summed E-state index contributed by atoms with van der Waals surface area (Å²) in [4.78, 5) is 37.6. The third-order valence-corrected chi connectivity index (χ3v) is 1.18. The van der Waals surface area contributed by atoms with Gasteiger partial charge in [0.1, 0.15) is 6.04 Å². The summed E-state index contributed by atoms with van der Waals surface area (Å²) in [7, 11) is 0. The first-order valence-electron chi connectivity index (χ1n) is 3.50. The highest BCUT2D eigenvalue weighted by Crippen LogP contribution is 1.96. The van der Waals surface area contributed by atoms with E-state index in [2.05, 4.69) is 9.88 Å². The Bertz CT molecular complexity index is 242. The molecule has 9 heteroatoms. The molecule has 1 unspecified atom stereocenters. The van der Waals surface area contributed by atoms with Crippen molar-refractivity contribution in [1.29, 1.82) is 0 Å². The third-order valence-electron chi connectivity index (χ3n) is 1.18. The smallest absolute Gasteiger partial charge is 0.359 e. The van der Waals surface area contributed by atoms with E-state index in [9.17, 15) is 19.7 Å². The minimum absolute atomic E-state index is 0.0603. The normalized spacial score (nSPS) is 11.5. The number of hydrogen-bond donors (Lipinski definition) is 2. The van der Waals surface area contributed by atoms with Crippen molar-refractivity contribution in [3.8, 4) is 0 Å². The van der Waals surface area contributed by atoms with Gasteiger partial charge in [0.05, 0.1) is 0 Å². The Labute approximate surface area is 78.0 Å². The van der Waals surface area contributed by atoms with Gasteiger partial charge in [0.15, 0.2) is 0 Å². The Morgan fingerprint density at radius 1 is 1.50 bits per heavy atom. The van der Waals surface area contributed by atoms with Crippen molar-refractivity contribution in [2.75, 3.05) is 0 Å². The second-order valence-electron chi connectivity index (χ2n) is 2.31. The summed E-state index contributed by atoms with van der Waals surface area (Å²) >= 11 is 0. The number of amides is 1. The molecule has 0 rings (SSSR count). The first kappa shape index (κ1) is 12.1. The molecular weight excluding hydrogens is 198 g/mol. The van der Waals surface area contributed by atoms with E-state index in [-0.39, 0.29) is 12.8 Å². The van der Waals surface area contributed by atoms with E-state index in [0.29, 0.717) is 0 Å². The molecule has 9 nitrogen and oxygen atoms in total. The van der Waals surface area contributed by atoms with Crippen LogP contribution in [0.5, 0.6) is 0 Å². The second kappa shape index (κ2) is 5.70. The highest BCUT2D eigenvalue weighted by molar-refractivity contribution is 5.77. The molecule has 1 amide bonds. The molecule has 0 radical (unpaired) electrons. The molecule has 4 N–H and O–H groups in total. The topological polar surface area (TPSA) is 148 Å². The number of nitrogens with zero attached hydrogens (tertiary/aromatic N) is 1. The summed E-state index contributed by atoms with van der Waals surface area (Å²) in [6.45, 7) is 0. The van der Waals surface area contributed by atoms with Crippen molar-refractivity contribution in [1.82, 2.24) is 0 Å². The molecule has 0 aromatic rings. The zero-order valence-electron chi connectivity index (χ0n) is 7.04. The van der Waals surface area contributed by atoms with Gasteiger partial charge in [-0.15, -0.1) is 10.1 Å². The molecule has 1 atom stereocenters. The lowest BCUT2D eigenvalue weighted by molar-refractivity contribution is -0.839. The molecule has 0 spiro atoms. The van der Waals surface area contributed by atoms with Crippen LogP contribution in [0.25, 0.3) is 0 Å². The molecule has 0 bridgehead atoms. The Morgan fingerprint density at radius 2 is 2.07 bits per heavy atom. The van der Waals surface area contributed by atoms with Crippen LogP contribution in [0.1, 0.15) is 12.8 Å². The predicted octanol–water partition coefficient (Wildman–Crippen LogP) is -1.75. The summed E-state index contributed by atoms with van der Waals surface area (Å²) in [6, 6.07) is -1.18. The van der Waals surface area contributed by atoms with Crippen molar-refractivity contribution in [3.05, 3.63) is 10.1 Å². The van der Waals surface area contributed by atoms with Gasteiger partial charge in [-0.1, -0.05) is 4.99 Å². The number of rotatable bonds is 6. The number of hydrogen-bond acceptors (Lipinski definition) is 7. The number of nitrogens with two attached hydrogens (primary N) is 2. The quantitative estimate of drug-likeness (QED) is 0.298. The zero-order valence-corrected chi connectivity index (χ0v) is 7.04. The Hall–Kier alpha value is -1.90. The molecule has 80 valence electrons. The van der Waals surface area contributed by atoms with Gasteiger partial charge < -0.3 is 11.5 Å². The van der Waals surface area contributed by atoms with Gasteiger partial charge in [-0.05, 0) is 6.42 Å². The highest BCUT2D eigenvalue weighted by Gasteiger charge is 2.18. The van der Waals surface area contributed by atoms with Crippen LogP contribution in [0.3, 0.4) is 0 Å². The maximum absolute atomic E-state index is 10.7.